The number of halogens is 1. The third-order valence-electron chi connectivity index (χ3n) is 4.57. The number of carbonyl (C=O) groups is 2. The van der Waals surface area contributed by atoms with Crippen LogP contribution in [-0.4, -0.2) is 25.5 Å². The van der Waals surface area contributed by atoms with Crippen molar-refractivity contribution in [1.29, 1.82) is 0 Å². The van der Waals surface area contributed by atoms with Crippen LogP contribution < -0.4 is 15.0 Å². The van der Waals surface area contributed by atoms with Gasteiger partial charge in [0.1, 0.15) is 11.6 Å². The van der Waals surface area contributed by atoms with Crippen molar-refractivity contribution in [3.8, 4) is 5.75 Å². The zero-order valence-corrected chi connectivity index (χ0v) is 15.0. The van der Waals surface area contributed by atoms with Crippen molar-refractivity contribution in [2.75, 3.05) is 23.9 Å². The molecular formula is C20H21FN2O3. The van der Waals surface area contributed by atoms with Gasteiger partial charge in [-0.2, -0.15) is 0 Å². The van der Waals surface area contributed by atoms with Crippen molar-refractivity contribution in [2.45, 2.75) is 20.3 Å². The third kappa shape index (κ3) is 3.54. The number of hydrogen-bond donors (Lipinski definition) is 1. The normalized spacial score (nSPS) is 16.7. The van der Waals surface area contributed by atoms with E-state index in [2.05, 4.69) is 5.32 Å². The first kappa shape index (κ1) is 17.9. The van der Waals surface area contributed by atoms with E-state index in [1.165, 1.54) is 18.2 Å². The maximum absolute atomic E-state index is 13.2. The molecule has 2 aromatic rings. The Kier molecular flexibility index (Phi) is 4.93. The zero-order valence-electron chi connectivity index (χ0n) is 15.0. The SMILES string of the molecule is COc1ccc(C)cc1N1CC(C(=O)Nc2ccc(F)cc2C)CC1=O. The molecule has 2 amide bonds. The van der Waals surface area contributed by atoms with Gasteiger partial charge in [-0.3, -0.25) is 9.59 Å². The van der Waals surface area contributed by atoms with Crippen molar-refractivity contribution in [2.24, 2.45) is 5.92 Å². The lowest BCUT2D eigenvalue weighted by molar-refractivity contribution is -0.122. The summed E-state index contributed by atoms with van der Waals surface area (Å²) in [6, 6.07) is 9.78. The van der Waals surface area contributed by atoms with Crippen LogP contribution in [0.2, 0.25) is 0 Å². The topological polar surface area (TPSA) is 58.6 Å². The van der Waals surface area contributed by atoms with Gasteiger partial charge in [-0.05, 0) is 55.3 Å². The van der Waals surface area contributed by atoms with Gasteiger partial charge in [-0.25, -0.2) is 4.39 Å². The van der Waals surface area contributed by atoms with E-state index in [0.29, 0.717) is 22.7 Å². The van der Waals surface area contributed by atoms with Crippen LogP contribution >= 0.6 is 0 Å². The summed E-state index contributed by atoms with van der Waals surface area (Å²) in [5.41, 5.74) is 2.87. The highest BCUT2D eigenvalue weighted by Crippen LogP contribution is 2.34. The standard InChI is InChI=1S/C20H21FN2O3/c1-12-4-7-18(26-3)17(8-12)23-11-14(10-19(23)24)20(25)22-16-6-5-15(21)9-13(16)2/h4-9,14H,10-11H2,1-3H3,(H,22,25). The van der Waals surface area contributed by atoms with Crippen LogP contribution in [0, 0.1) is 25.6 Å². The van der Waals surface area contributed by atoms with Gasteiger partial charge < -0.3 is 15.0 Å². The first-order valence-corrected chi connectivity index (χ1v) is 8.41. The van der Waals surface area contributed by atoms with Gasteiger partial charge in [0.25, 0.3) is 0 Å². The van der Waals surface area contributed by atoms with Crippen molar-refractivity contribution in [1.82, 2.24) is 0 Å². The molecule has 1 saturated heterocycles. The number of rotatable bonds is 4. The van der Waals surface area contributed by atoms with Crippen LogP contribution in [0.15, 0.2) is 36.4 Å². The number of methoxy groups -OCH3 is 1. The Bertz CT molecular complexity index is 866. The van der Waals surface area contributed by atoms with E-state index in [0.717, 1.165) is 5.56 Å². The number of aryl methyl sites for hydroxylation is 2. The summed E-state index contributed by atoms with van der Waals surface area (Å²) in [5.74, 6) is -0.599. The van der Waals surface area contributed by atoms with Crippen molar-refractivity contribution < 1.29 is 18.7 Å². The van der Waals surface area contributed by atoms with E-state index in [1.807, 2.05) is 25.1 Å². The molecule has 0 spiro atoms. The summed E-state index contributed by atoms with van der Waals surface area (Å²) < 4.78 is 18.6. The number of amides is 2. The second-order valence-electron chi connectivity index (χ2n) is 6.53. The van der Waals surface area contributed by atoms with Crippen molar-refractivity contribution in [3.63, 3.8) is 0 Å². The second kappa shape index (κ2) is 7.15. The number of anilines is 2. The quantitative estimate of drug-likeness (QED) is 0.913. The zero-order chi connectivity index (χ0) is 18.8. The van der Waals surface area contributed by atoms with Gasteiger partial charge in [-0.15, -0.1) is 0 Å². The minimum atomic E-state index is -0.475. The largest absolute Gasteiger partial charge is 0.495 e. The van der Waals surface area contributed by atoms with Crippen molar-refractivity contribution >= 4 is 23.2 Å². The fourth-order valence-electron chi connectivity index (χ4n) is 3.13. The number of carbonyl (C=O) groups excluding carboxylic acids is 2. The second-order valence-corrected chi connectivity index (χ2v) is 6.53. The highest BCUT2D eigenvalue weighted by Gasteiger charge is 2.36. The first-order valence-electron chi connectivity index (χ1n) is 8.41. The molecule has 6 heteroatoms. The van der Waals surface area contributed by atoms with Crippen LogP contribution in [0.5, 0.6) is 5.75 Å². The molecular weight excluding hydrogens is 335 g/mol. The van der Waals surface area contributed by atoms with E-state index >= 15 is 0 Å². The summed E-state index contributed by atoms with van der Waals surface area (Å²) in [6.07, 6.45) is 0.128. The summed E-state index contributed by atoms with van der Waals surface area (Å²) >= 11 is 0. The Morgan fingerprint density at radius 2 is 2.00 bits per heavy atom. The summed E-state index contributed by atoms with van der Waals surface area (Å²) in [6.45, 7) is 3.94. The lowest BCUT2D eigenvalue weighted by Crippen LogP contribution is -2.28. The van der Waals surface area contributed by atoms with E-state index in [1.54, 1.807) is 18.9 Å². The molecule has 1 N–H and O–H groups in total. The number of hydrogen-bond acceptors (Lipinski definition) is 3. The molecule has 1 unspecified atom stereocenters. The van der Waals surface area contributed by atoms with Gasteiger partial charge >= 0.3 is 0 Å². The molecule has 0 aromatic heterocycles. The Morgan fingerprint density at radius 3 is 2.69 bits per heavy atom. The minimum Gasteiger partial charge on any atom is -0.495 e. The Labute approximate surface area is 151 Å². The molecule has 0 saturated carbocycles. The van der Waals surface area contributed by atoms with Crippen molar-refractivity contribution in [3.05, 3.63) is 53.3 Å². The molecule has 3 rings (SSSR count). The predicted molar refractivity (Wildman–Crippen MR) is 98.0 cm³/mol. The molecule has 5 nitrogen and oxygen atoms in total. The number of ether oxygens (including phenoxy) is 1. The van der Waals surface area contributed by atoms with Crippen LogP contribution in [0.3, 0.4) is 0 Å². The van der Waals surface area contributed by atoms with E-state index in [-0.39, 0.29) is 30.6 Å². The molecule has 136 valence electrons. The maximum atomic E-state index is 13.2. The summed E-state index contributed by atoms with van der Waals surface area (Å²) in [5, 5.41) is 2.80. The molecule has 0 bridgehead atoms. The number of nitrogens with one attached hydrogen (secondary N) is 1. The molecule has 0 aliphatic carbocycles. The lowest BCUT2D eigenvalue weighted by atomic mass is 10.1. The van der Waals surface area contributed by atoms with Crippen LogP contribution in [0.4, 0.5) is 15.8 Å². The van der Waals surface area contributed by atoms with Gasteiger partial charge in [0, 0.05) is 18.7 Å². The molecule has 1 aliphatic heterocycles. The monoisotopic (exact) mass is 356 g/mol. The maximum Gasteiger partial charge on any atom is 0.229 e. The first-order chi connectivity index (χ1) is 12.4. The molecule has 2 aromatic carbocycles. The molecule has 1 heterocycles. The molecule has 1 fully saturated rings. The van der Waals surface area contributed by atoms with Gasteiger partial charge in [0.15, 0.2) is 0 Å². The van der Waals surface area contributed by atoms with Crippen LogP contribution in [-0.2, 0) is 9.59 Å². The Hall–Kier alpha value is -2.89. The van der Waals surface area contributed by atoms with Crippen LogP contribution in [0.1, 0.15) is 17.5 Å². The Balaban J connectivity index is 1.77. The lowest BCUT2D eigenvalue weighted by Gasteiger charge is -2.20. The highest BCUT2D eigenvalue weighted by molar-refractivity contribution is 6.04. The van der Waals surface area contributed by atoms with E-state index in [9.17, 15) is 14.0 Å². The average molecular weight is 356 g/mol. The van der Waals surface area contributed by atoms with E-state index in [4.69, 9.17) is 4.74 Å². The molecule has 1 atom stereocenters. The highest BCUT2D eigenvalue weighted by atomic mass is 19.1. The van der Waals surface area contributed by atoms with Gasteiger partial charge in [0.05, 0.1) is 18.7 Å². The minimum absolute atomic E-state index is 0.120. The van der Waals surface area contributed by atoms with E-state index < -0.39 is 5.92 Å². The predicted octanol–water partition coefficient (Wildman–Crippen LogP) is 3.44. The van der Waals surface area contributed by atoms with Crippen LogP contribution in [0.25, 0.3) is 0 Å². The third-order valence-corrected chi connectivity index (χ3v) is 4.57. The van der Waals surface area contributed by atoms with Gasteiger partial charge in [0.2, 0.25) is 11.8 Å². The molecule has 1 aliphatic rings. The summed E-state index contributed by atoms with van der Waals surface area (Å²) in [4.78, 5) is 26.6. The molecule has 26 heavy (non-hydrogen) atoms. The average Bonchev–Trinajstić information content (AvgIpc) is 2.99. The Morgan fingerprint density at radius 1 is 1.23 bits per heavy atom. The summed E-state index contributed by atoms with van der Waals surface area (Å²) in [7, 11) is 1.55. The number of benzene rings is 2. The molecule has 0 radical (unpaired) electrons. The van der Waals surface area contributed by atoms with Gasteiger partial charge in [-0.1, -0.05) is 6.07 Å². The fraction of sp³-hybridized carbons (Fsp3) is 0.300. The fourth-order valence-corrected chi connectivity index (χ4v) is 3.13. The smallest absolute Gasteiger partial charge is 0.229 e. The number of nitrogens with zero attached hydrogens (tertiary/aromatic N) is 1.